The maximum absolute atomic E-state index is 12.5. The number of carbonyl (C=O) groups excluding carboxylic acids is 3. The van der Waals surface area contributed by atoms with Crippen LogP contribution in [0.15, 0.2) is 65.3 Å². The van der Waals surface area contributed by atoms with Crippen LogP contribution in [0.3, 0.4) is 0 Å². The Kier molecular flexibility index (Phi) is 5.69. The van der Waals surface area contributed by atoms with Gasteiger partial charge in [-0.05, 0) is 43.7 Å². The molecule has 2 aromatic carbocycles. The lowest BCUT2D eigenvalue weighted by molar-refractivity contribution is 0.0475. The summed E-state index contributed by atoms with van der Waals surface area (Å²) < 4.78 is 10.2. The van der Waals surface area contributed by atoms with Gasteiger partial charge in [0.15, 0.2) is 12.4 Å². The van der Waals surface area contributed by atoms with Gasteiger partial charge >= 0.3 is 5.97 Å². The van der Waals surface area contributed by atoms with E-state index < -0.39 is 11.9 Å². The van der Waals surface area contributed by atoms with Crippen LogP contribution in [-0.2, 0) is 4.74 Å². The molecule has 0 saturated carbocycles. The highest BCUT2D eigenvalue weighted by molar-refractivity contribution is 6.07. The summed E-state index contributed by atoms with van der Waals surface area (Å²) in [4.78, 5) is 37.0. The first-order chi connectivity index (χ1) is 13.5. The quantitative estimate of drug-likeness (QED) is 0.514. The molecule has 0 unspecified atom stereocenters. The van der Waals surface area contributed by atoms with Crippen molar-refractivity contribution >= 4 is 23.3 Å². The number of furan rings is 1. The largest absolute Gasteiger partial charge is 0.459 e. The number of anilines is 1. The van der Waals surface area contributed by atoms with Crippen LogP contribution in [0.1, 0.15) is 42.4 Å². The van der Waals surface area contributed by atoms with Crippen molar-refractivity contribution < 1.29 is 23.5 Å². The Bertz CT molecular complexity index is 1020. The molecule has 0 bridgehead atoms. The molecule has 6 nitrogen and oxygen atoms in total. The lowest BCUT2D eigenvalue weighted by Crippen LogP contribution is -2.18. The second-order valence-corrected chi connectivity index (χ2v) is 6.29. The van der Waals surface area contributed by atoms with Crippen LogP contribution in [0.4, 0.5) is 5.69 Å². The minimum atomic E-state index is -0.701. The highest BCUT2D eigenvalue weighted by Gasteiger charge is 2.18. The molecule has 3 aromatic rings. The Hall–Kier alpha value is -3.67. The van der Waals surface area contributed by atoms with Crippen molar-refractivity contribution in [3.8, 4) is 0 Å². The predicted octanol–water partition coefficient (Wildman–Crippen LogP) is 4.19. The van der Waals surface area contributed by atoms with Crippen molar-refractivity contribution in [2.75, 3.05) is 11.9 Å². The third-order valence-corrected chi connectivity index (χ3v) is 4.16. The van der Waals surface area contributed by atoms with Crippen molar-refractivity contribution in [1.82, 2.24) is 0 Å². The molecule has 1 heterocycles. The number of nitrogens with one attached hydrogen (secondary N) is 1. The second kappa shape index (κ2) is 8.35. The van der Waals surface area contributed by atoms with Gasteiger partial charge in [0.05, 0.1) is 17.5 Å². The van der Waals surface area contributed by atoms with Gasteiger partial charge in [0.25, 0.3) is 5.91 Å². The van der Waals surface area contributed by atoms with E-state index in [1.165, 1.54) is 18.4 Å². The third-order valence-electron chi connectivity index (χ3n) is 4.16. The number of rotatable bonds is 6. The first-order valence-corrected chi connectivity index (χ1v) is 8.67. The van der Waals surface area contributed by atoms with Crippen LogP contribution in [0.25, 0.3) is 0 Å². The number of para-hydroxylation sites is 1. The first kappa shape index (κ1) is 19.1. The van der Waals surface area contributed by atoms with E-state index in [-0.39, 0.29) is 29.4 Å². The number of amides is 1. The molecule has 0 aliphatic heterocycles. The number of ether oxygens (including phenoxy) is 1. The topological polar surface area (TPSA) is 85.6 Å². The molecule has 0 saturated heterocycles. The Labute approximate surface area is 162 Å². The van der Waals surface area contributed by atoms with Crippen LogP contribution in [0.5, 0.6) is 0 Å². The van der Waals surface area contributed by atoms with Gasteiger partial charge in [-0.1, -0.05) is 35.9 Å². The fraction of sp³-hybridized carbons (Fsp3) is 0.136. The van der Waals surface area contributed by atoms with E-state index in [0.717, 1.165) is 11.1 Å². The van der Waals surface area contributed by atoms with Crippen molar-refractivity contribution in [1.29, 1.82) is 0 Å². The predicted molar refractivity (Wildman–Crippen MR) is 104 cm³/mol. The van der Waals surface area contributed by atoms with Gasteiger partial charge in [0.2, 0.25) is 5.78 Å². The van der Waals surface area contributed by atoms with E-state index in [9.17, 15) is 14.4 Å². The Morgan fingerprint density at radius 2 is 1.75 bits per heavy atom. The maximum Gasteiger partial charge on any atom is 0.340 e. The zero-order chi connectivity index (χ0) is 20.1. The standard InChI is InChI=1S/C22H19NO5/c1-14-9-10-16(15(2)12-14)19(24)13-28-22(26)17-6-3-4-7-18(17)23-21(25)20-8-5-11-27-20/h3-12H,13H2,1-2H3,(H,23,25). The maximum atomic E-state index is 12.5. The van der Waals surface area contributed by atoms with Gasteiger partial charge in [0.1, 0.15) is 0 Å². The van der Waals surface area contributed by atoms with Gasteiger partial charge in [-0.2, -0.15) is 0 Å². The summed E-state index contributed by atoms with van der Waals surface area (Å²) >= 11 is 0. The van der Waals surface area contributed by atoms with E-state index in [2.05, 4.69) is 5.32 Å². The molecule has 3 rings (SSSR count). The lowest BCUT2D eigenvalue weighted by Gasteiger charge is -2.11. The summed E-state index contributed by atoms with van der Waals surface area (Å²) in [5.41, 5.74) is 2.81. The normalized spacial score (nSPS) is 10.4. The molecule has 28 heavy (non-hydrogen) atoms. The van der Waals surface area contributed by atoms with E-state index in [1.807, 2.05) is 26.0 Å². The number of hydrogen-bond acceptors (Lipinski definition) is 5. The smallest absolute Gasteiger partial charge is 0.340 e. The van der Waals surface area contributed by atoms with Gasteiger partial charge in [-0.3, -0.25) is 9.59 Å². The zero-order valence-corrected chi connectivity index (χ0v) is 15.5. The summed E-state index contributed by atoms with van der Waals surface area (Å²) in [5.74, 6) is -1.36. The number of Topliss-reactive ketones (excluding diaryl/α,β-unsaturated/α-hetero) is 1. The molecule has 0 spiro atoms. The van der Waals surface area contributed by atoms with E-state index in [4.69, 9.17) is 9.15 Å². The molecule has 6 heteroatoms. The molecule has 0 atom stereocenters. The molecule has 0 radical (unpaired) electrons. The van der Waals surface area contributed by atoms with Gasteiger partial charge in [-0.15, -0.1) is 0 Å². The molecular weight excluding hydrogens is 358 g/mol. The van der Waals surface area contributed by atoms with Crippen molar-refractivity contribution in [3.05, 3.63) is 88.9 Å². The number of benzene rings is 2. The summed E-state index contributed by atoms with van der Waals surface area (Å²) in [6.45, 7) is 3.39. The molecular formula is C22H19NO5. The Morgan fingerprint density at radius 3 is 2.46 bits per heavy atom. The highest BCUT2D eigenvalue weighted by atomic mass is 16.5. The molecule has 1 N–H and O–H groups in total. The average Bonchev–Trinajstić information content (AvgIpc) is 3.21. The molecule has 0 aliphatic rings. The number of carbonyl (C=O) groups is 3. The van der Waals surface area contributed by atoms with Crippen LogP contribution in [-0.4, -0.2) is 24.3 Å². The van der Waals surface area contributed by atoms with Crippen LogP contribution >= 0.6 is 0 Å². The summed E-state index contributed by atoms with van der Waals surface area (Å²) in [6.07, 6.45) is 1.38. The van der Waals surface area contributed by atoms with Crippen LogP contribution in [0, 0.1) is 13.8 Å². The monoisotopic (exact) mass is 377 g/mol. The molecule has 142 valence electrons. The number of hydrogen-bond donors (Lipinski definition) is 1. The molecule has 0 fully saturated rings. The molecule has 1 amide bonds. The third kappa shape index (κ3) is 4.35. The molecule has 1 aromatic heterocycles. The van der Waals surface area contributed by atoms with Crippen LogP contribution in [0.2, 0.25) is 0 Å². The lowest BCUT2D eigenvalue weighted by atomic mass is 10.0. The SMILES string of the molecule is Cc1ccc(C(=O)COC(=O)c2ccccc2NC(=O)c2ccco2)c(C)c1. The van der Waals surface area contributed by atoms with E-state index in [0.29, 0.717) is 5.56 Å². The number of aryl methyl sites for hydroxylation is 2. The highest BCUT2D eigenvalue weighted by Crippen LogP contribution is 2.18. The minimum absolute atomic E-state index is 0.119. The van der Waals surface area contributed by atoms with Crippen molar-refractivity contribution in [2.45, 2.75) is 13.8 Å². The first-order valence-electron chi connectivity index (χ1n) is 8.67. The minimum Gasteiger partial charge on any atom is -0.459 e. The molecule has 0 aliphatic carbocycles. The fourth-order valence-corrected chi connectivity index (χ4v) is 2.77. The summed E-state index contributed by atoms with van der Waals surface area (Å²) in [7, 11) is 0. The van der Waals surface area contributed by atoms with Gasteiger partial charge in [0, 0.05) is 5.56 Å². The van der Waals surface area contributed by atoms with Gasteiger partial charge < -0.3 is 14.5 Å². The zero-order valence-electron chi connectivity index (χ0n) is 15.5. The van der Waals surface area contributed by atoms with Crippen LogP contribution < -0.4 is 5.32 Å². The summed E-state index contributed by atoms with van der Waals surface area (Å²) in [5, 5.41) is 2.61. The Balaban J connectivity index is 1.69. The van der Waals surface area contributed by atoms with Crippen molar-refractivity contribution in [3.63, 3.8) is 0 Å². The Morgan fingerprint density at radius 1 is 0.964 bits per heavy atom. The average molecular weight is 377 g/mol. The van der Waals surface area contributed by atoms with Gasteiger partial charge in [-0.25, -0.2) is 4.79 Å². The number of ketones is 1. The number of esters is 1. The fourth-order valence-electron chi connectivity index (χ4n) is 2.77. The summed E-state index contributed by atoms with van der Waals surface area (Å²) in [6, 6.07) is 15.0. The second-order valence-electron chi connectivity index (χ2n) is 6.29. The van der Waals surface area contributed by atoms with E-state index >= 15 is 0 Å². The van der Waals surface area contributed by atoms with E-state index in [1.54, 1.807) is 30.3 Å². The van der Waals surface area contributed by atoms with Crippen molar-refractivity contribution in [2.24, 2.45) is 0 Å².